The molecule has 0 aliphatic carbocycles. The van der Waals surface area contributed by atoms with E-state index >= 15 is 0 Å². The number of ether oxygens (including phenoxy) is 1. The molecule has 15 heavy (non-hydrogen) atoms. The van der Waals surface area contributed by atoms with Crippen molar-refractivity contribution >= 4 is 6.09 Å². The lowest BCUT2D eigenvalue weighted by Crippen LogP contribution is -2.35. The molecule has 0 saturated carbocycles. The second-order valence-electron chi connectivity index (χ2n) is 4.69. The monoisotopic (exact) mass is 212 g/mol. The normalized spacial score (nSPS) is 26.2. The van der Waals surface area contributed by atoms with Gasteiger partial charge in [0.15, 0.2) is 0 Å². The summed E-state index contributed by atoms with van der Waals surface area (Å²) < 4.78 is 5.13. The topological polar surface area (TPSA) is 73.6 Å². The SMILES string of the molecule is CC(C)(C)OC(=O)N1CC(C#N)[C@@H](O)C1. The molecule has 0 spiro atoms. The number of aliphatic hydroxyl groups excluding tert-OH is 1. The van der Waals surface area contributed by atoms with Crippen molar-refractivity contribution in [2.45, 2.75) is 32.5 Å². The smallest absolute Gasteiger partial charge is 0.410 e. The highest BCUT2D eigenvalue weighted by Crippen LogP contribution is 2.19. The highest BCUT2D eigenvalue weighted by atomic mass is 16.6. The van der Waals surface area contributed by atoms with Crippen LogP contribution in [0.4, 0.5) is 4.79 Å². The van der Waals surface area contributed by atoms with Crippen LogP contribution in [-0.4, -0.2) is 40.9 Å². The number of amides is 1. The second-order valence-corrected chi connectivity index (χ2v) is 4.69. The van der Waals surface area contributed by atoms with Crippen LogP contribution in [0.2, 0.25) is 0 Å². The average Bonchev–Trinajstić information content (AvgIpc) is 2.43. The van der Waals surface area contributed by atoms with Crippen molar-refractivity contribution in [3.63, 3.8) is 0 Å². The Morgan fingerprint density at radius 3 is 2.53 bits per heavy atom. The first-order valence-electron chi connectivity index (χ1n) is 4.89. The zero-order valence-electron chi connectivity index (χ0n) is 9.23. The number of aliphatic hydroxyl groups is 1. The van der Waals surface area contributed by atoms with E-state index in [1.165, 1.54) is 4.90 Å². The summed E-state index contributed by atoms with van der Waals surface area (Å²) in [5, 5.41) is 18.1. The Bertz CT molecular complexity index is 290. The van der Waals surface area contributed by atoms with Crippen molar-refractivity contribution in [2.75, 3.05) is 13.1 Å². The van der Waals surface area contributed by atoms with Gasteiger partial charge in [0.25, 0.3) is 0 Å². The summed E-state index contributed by atoms with van der Waals surface area (Å²) in [7, 11) is 0. The molecule has 1 heterocycles. The maximum atomic E-state index is 11.6. The summed E-state index contributed by atoms with van der Waals surface area (Å²) in [6.07, 6.45) is -1.23. The molecule has 5 nitrogen and oxygen atoms in total. The first-order valence-corrected chi connectivity index (χ1v) is 4.89. The summed E-state index contributed by atoms with van der Waals surface area (Å²) in [6.45, 7) is 5.75. The predicted octanol–water partition coefficient (Wildman–Crippen LogP) is 0.738. The maximum absolute atomic E-state index is 11.6. The molecule has 84 valence electrons. The number of carbonyl (C=O) groups excluding carboxylic acids is 1. The molecule has 0 aromatic heterocycles. The molecule has 0 aromatic rings. The first-order chi connectivity index (χ1) is 6.83. The van der Waals surface area contributed by atoms with Gasteiger partial charge in [-0.25, -0.2) is 4.79 Å². The lowest BCUT2D eigenvalue weighted by atomic mass is 10.1. The Kier molecular flexibility index (Phi) is 3.20. The number of hydrogen-bond acceptors (Lipinski definition) is 4. The van der Waals surface area contributed by atoms with Gasteiger partial charge >= 0.3 is 6.09 Å². The van der Waals surface area contributed by atoms with E-state index in [0.717, 1.165) is 0 Å². The summed E-state index contributed by atoms with van der Waals surface area (Å²) in [5.41, 5.74) is -0.549. The molecule has 1 saturated heterocycles. The van der Waals surface area contributed by atoms with Gasteiger partial charge in [0.2, 0.25) is 0 Å². The number of β-amino-alcohol motifs (C(OH)–C–C–N with tert-alkyl or cyclic N) is 1. The van der Waals surface area contributed by atoms with Gasteiger partial charge in [-0.05, 0) is 20.8 Å². The van der Waals surface area contributed by atoms with Crippen molar-refractivity contribution in [1.82, 2.24) is 4.90 Å². The van der Waals surface area contributed by atoms with Crippen LogP contribution < -0.4 is 0 Å². The highest BCUT2D eigenvalue weighted by Gasteiger charge is 2.36. The van der Waals surface area contributed by atoms with Crippen molar-refractivity contribution in [2.24, 2.45) is 5.92 Å². The van der Waals surface area contributed by atoms with E-state index in [2.05, 4.69) is 0 Å². The summed E-state index contributed by atoms with van der Waals surface area (Å²) >= 11 is 0. The number of nitrogens with zero attached hydrogens (tertiary/aromatic N) is 2. The number of nitriles is 1. The number of carbonyl (C=O) groups is 1. The minimum absolute atomic E-state index is 0.174. The largest absolute Gasteiger partial charge is 0.444 e. The first kappa shape index (κ1) is 11.8. The highest BCUT2D eigenvalue weighted by molar-refractivity contribution is 5.68. The third kappa shape index (κ3) is 3.10. The van der Waals surface area contributed by atoms with Crippen LogP contribution >= 0.6 is 0 Å². The predicted molar refractivity (Wildman–Crippen MR) is 52.9 cm³/mol. The molecule has 1 unspecified atom stereocenters. The summed E-state index contributed by atoms with van der Waals surface area (Å²) in [5.74, 6) is -0.502. The minimum atomic E-state index is -0.762. The van der Waals surface area contributed by atoms with Gasteiger partial charge in [-0.2, -0.15) is 5.26 Å². The molecular weight excluding hydrogens is 196 g/mol. The van der Waals surface area contributed by atoms with E-state index < -0.39 is 23.7 Å². The van der Waals surface area contributed by atoms with Gasteiger partial charge in [0.05, 0.1) is 24.6 Å². The van der Waals surface area contributed by atoms with Crippen molar-refractivity contribution in [3.8, 4) is 6.07 Å². The lowest BCUT2D eigenvalue weighted by molar-refractivity contribution is 0.0270. The zero-order chi connectivity index (χ0) is 11.6. The standard InChI is InChI=1S/C10H16N2O3/c1-10(2,3)15-9(14)12-5-7(4-11)8(13)6-12/h7-8,13H,5-6H2,1-3H3/t7?,8-/m0/s1. The quantitative estimate of drug-likeness (QED) is 0.642. The molecule has 0 bridgehead atoms. The Morgan fingerprint density at radius 1 is 1.53 bits per heavy atom. The molecule has 1 rings (SSSR count). The van der Waals surface area contributed by atoms with Crippen LogP contribution in [0, 0.1) is 17.2 Å². The van der Waals surface area contributed by atoms with E-state index in [4.69, 9.17) is 10.00 Å². The fourth-order valence-corrected chi connectivity index (χ4v) is 1.39. The summed E-state index contributed by atoms with van der Waals surface area (Å²) in [6, 6.07) is 1.96. The fraction of sp³-hybridized carbons (Fsp3) is 0.800. The van der Waals surface area contributed by atoms with E-state index in [0.29, 0.717) is 0 Å². The van der Waals surface area contributed by atoms with Gasteiger partial charge in [0, 0.05) is 6.54 Å². The van der Waals surface area contributed by atoms with Crippen LogP contribution in [0.25, 0.3) is 0 Å². The van der Waals surface area contributed by atoms with Gasteiger partial charge in [-0.1, -0.05) is 0 Å². The zero-order valence-corrected chi connectivity index (χ0v) is 9.23. The Balaban J connectivity index is 2.54. The molecular formula is C10H16N2O3. The number of likely N-dealkylation sites (tertiary alicyclic amines) is 1. The molecule has 1 aliphatic rings. The number of rotatable bonds is 0. The number of hydrogen-bond donors (Lipinski definition) is 1. The second kappa shape index (κ2) is 4.07. The van der Waals surface area contributed by atoms with Gasteiger partial charge in [-0.15, -0.1) is 0 Å². The van der Waals surface area contributed by atoms with Crippen molar-refractivity contribution < 1.29 is 14.6 Å². The van der Waals surface area contributed by atoms with Crippen molar-refractivity contribution in [1.29, 1.82) is 5.26 Å². The van der Waals surface area contributed by atoms with E-state index in [1.54, 1.807) is 20.8 Å². The van der Waals surface area contributed by atoms with Crippen molar-refractivity contribution in [3.05, 3.63) is 0 Å². The molecule has 5 heteroatoms. The van der Waals surface area contributed by atoms with E-state index in [9.17, 15) is 9.90 Å². The van der Waals surface area contributed by atoms with Crippen LogP contribution in [0.3, 0.4) is 0 Å². The third-order valence-corrected chi connectivity index (χ3v) is 2.11. The van der Waals surface area contributed by atoms with Crippen LogP contribution in [0.15, 0.2) is 0 Å². The maximum Gasteiger partial charge on any atom is 0.410 e. The Hall–Kier alpha value is -1.28. The molecule has 2 atom stereocenters. The lowest BCUT2D eigenvalue weighted by Gasteiger charge is -2.24. The van der Waals surface area contributed by atoms with Gasteiger partial charge in [-0.3, -0.25) is 0 Å². The summed E-state index contributed by atoms with van der Waals surface area (Å²) in [4.78, 5) is 12.9. The van der Waals surface area contributed by atoms with Crippen LogP contribution in [0.5, 0.6) is 0 Å². The molecule has 1 amide bonds. The molecule has 0 radical (unpaired) electrons. The third-order valence-electron chi connectivity index (χ3n) is 2.11. The Morgan fingerprint density at radius 2 is 2.13 bits per heavy atom. The fourth-order valence-electron chi connectivity index (χ4n) is 1.39. The molecule has 1 aliphatic heterocycles. The Labute approximate surface area is 89.2 Å². The average molecular weight is 212 g/mol. The van der Waals surface area contributed by atoms with Gasteiger partial charge < -0.3 is 14.7 Å². The van der Waals surface area contributed by atoms with E-state index in [1.807, 2.05) is 6.07 Å². The molecule has 1 fully saturated rings. The van der Waals surface area contributed by atoms with Crippen LogP contribution in [-0.2, 0) is 4.74 Å². The minimum Gasteiger partial charge on any atom is -0.444 e. The molecule has 1 N–H and O–H groups in total. The van der Waals surface area contributed by atoms with E-state index in [-0.39, 0.29) is 13.1 Å². The molecule has 0 aromatic carbocycles. The van der Waals surface area contributed by atoms with Gasteiger partial charge in [0.1, 0.15) is 5.60 Å². The van der Waals surface area contributed by atoms with Crippen LogP contribution in [0.1, 0.15) is 20.8 Å².